The minimum atomic E-state index is -1.12. The summed E-state index contributed by atoms with van der Waals surface area (Å²) in [5, 5.41) is 11.1. The van der Waals surface area contributed by atoms with Gasteiger partial charge in [-0.3, -0.25) is 19.3 Å². The van der Waals surface area contributed by atoms with E-state index in [9.17, 15) is 19.2 Å². The lowest BCUT2D eigenvalue weighted by atomic mass is 10.0. The van der Waals surface area contributed by atoms with Crippen LogP contribution >= 0.6 is 0 Å². The Kier molecular flexibility index (Phi) is 7.94. The molecule has 0 aliphatic carbocycles. The summed E-state index contributed by atoms with van der Waals surface area (Å²) in [4.78, 5) is 46.1. The molecule has 8 heteroatoms. The number of imide groups is 1. The molecule has 0 spiro atoms. The molecule has 0 atom stereocenters. The molecule has 0 bridgehead atoms. The molecule has 0 radical (unpaired) electrons. The molecular formula is C19H24N2O6. The van der Waals surface area contributed by atoms with Crippen molar-refractivity contribution in [1.29, 1.82) is 0 Å². The van der Waals surface area contributed by atoms with Gasteiger partial charge in [0.05, 0.1) is 0 Å². The van der Waals surface area contributed by atoms with Crippen LogP contribution in [0.25, 0.3) is 0 Å². The van der Waals surface area contributed by atoms with Crippen LogP contribution in [0.4, 0.5) is 5.69 Å². The highest BCUT2D eigenvalue weighted by molar-refractivity contribution is 5.99. The number of aryl methyl sites for hydroxylation is 1. The second-order valence-electron chi connectivity index (χ2n) is 6.38. The van der Waals surface area contributed by atoms with Gasteiger partial charge >= 0.3 is 5.97 Å². The van der Waals surface area contributed by atoms with Gasteiger partial charge in [0.25, 0.3) is 0 Å². The van der Waals surface area contributed by atoms with Gasteiger partial charge in [-0.1, -0.05) is 18.6 Å². The fourth-order valence-electron chi connectivity index (χ4n) is 2.68. The molecular weight excluding hydrogens is 352 g/mol. The predicted molar refractivity (Wildman–Crippen MR) is 97.0 cm³/mol. The van der Waals surface area contributed by atoms with E-state index in [1.807, 2.05) is 12.1 Å². The Morgan fingerprint density at radius 2 is 1.81 bits per heavy atom. The second kappa shape index (κ2) is 10.4. The summed E-state index contributed by atoms with van der Waals surface area (Å²) in [7, 11) is 0. The lowest BCUT2D eigenvalue weighted by molar-refractivity contribution is -0.152. The van der Waals surface area contributed by atoms with E-state index >= 15 is 0 Å². The van der Waals surface area contributed by atoms with Gasteiger partial charge in [0.15, 0.2) is 0 Å². The molecule has 3 amide bonds. The summed E-state index contributed by atoms with van der Waals surface area (Å²) in [5.74, 6) is -1.67. The van der Waals surface area contributed by atoms with Gasteiger partial charge in [-0.05, 0) is 37.0 Å². The average molecular weight is 376 g/mol. The van der Waals surface area contributed by atoms with Gasteiger partial charge in [0.2, 0.25) is 17.7 Å². The molecule has 1 aliphatic heterocycles. The number of nitrogens with zero attached hydrogens (tertiary/aromatic N) is 1. The largest absolute Gasteiger partial charge is 0.480 e. The van der Waals surface area contributed by atoms with Gasteiger partial charge in [-0.15, -0.1) is 0 Å². The van der Waals surface area contributed by atoms with Crippen LogP contribution in [-0.2, 0) is 30.3 Å². The topological polar surface area (TPSA) is 113 Å². The van der Waals surface area contributed by atoms with Crippen LogP contribution in [0.1, 0.15) is 37.7 Å². The first-order valence-electron chi connectivity index (χ1n) is 8.97. The zero-order valence-corrected chi connectivity index (χ0v) is 15.1. The molecule has 1 aromatic carbocycles. The Bertz CT molecular complexity index is 686. The number of carboxylic acids is 1. The number of rotatable bonds is 11. The third-order valence-electron chi connectivity index (χ3n) is 4.20. The molecule has 0 unspecified atom stereocenters. The Hall–Kier alpha value is -2.74. The number of anilines is 1. The number of carbonyl (C=O) groups excluding carboxylic acids is 3. The summed E-state index contributed by atoms with van der Waals surface area (Å²) in [6.07, 6.45) is 4.39. The molecule has 2 N–H and O–H groups in total. The van der Waals surface area contributed by atoms with Gasteiger partial charge < -0.3 is 15.2 Å². The minimum Gasteiger partial charge on any atom is -0.480 e. The number of carboxylic acid groups (broad SMARTS) is 1. The van der Waals surface area contributed by atoms with Gasteiger partial charge in [-0.2, -0.15) is 0 Å². The first-order chi connectivity index (χ1) is 13.0. The van der Waals surface area contributed by atoms with Gasteiger partial charge in [-0.25, -0.2) is 4.79 Å². The summed E-state index contributed by atoms with van der Waals surface area (Å²) in [6.45, 7) is -0.256. The second-order valence-corrected chi connectivity index (χ2v) is 6.38. The van der Waals surface area contributed by atoms with Crippen LogP contribution in [0.2, 0.25) is 0 Å². The fraction of sp³-hybridized carbons (Fsp3) is 0.474. The lowest BCUT2D eigenvalue weighted by Crippen LogP contribution is -2.47. The van der Waals surface area contributed by atoms with Crippen molar-refractivity contribution in [2.75, 3.05) is 25.1 Å². The summed E-state index contributed by atoms with van der Waals surface area (Å²) < 4.78 is 4.72. The molecule has 1 heterocycles. The maximum atomic E-state index is 11.7. The van der Waals surface area contributed by atoms with Crippen molar-refractivity contribution in [2.24, 2.45) is 0 Å². The number of carbonyl (C=O) groups is 4. The van der Waals surface area contributed by atoms with Crippen LogP contribution in [0.5, 0.6) is 0 Å². The highest BCUT2D eigenvalue weighted by atomic mass is 16.5. The summed E-state index contributed by atoms with van der Waals surface area (Å²) in [5.41, 5.74) is 1.74. The van der Waals surface area contributed by atoms with Gasteiger partial charge in [0.1, 0.15) is 13.2 Å². The van der Waals surface area contributed by atoms with Crippen molar-refractivity contribution in [3.05, 3.63) is 29.8 Å². The van der Waals surface area contributed by atoms with Crippen molar-refractivity contribution in [2.45, 2.75) is 38.5 Å². The van der Waals surface area contributed by atoms with Crippen LogP contribution in [-0.4, -0.2) is 53.5 Å². The molecule has 0 saturated carbocycles. The quantitative estimate of drug-likeness (QED) is 0.448. The van der Waals surface area contributed by atoms with Crippen LogP contribution in [0.3, 0.4) is 0 Å². The molecule has 1 aromatic rings. The average Bonchev–Trinajstić information content (AvgIpc) is 2.61. The zero-order valence-electron chi connectivity index (χ0n) is 15.1. The molecule has 1 aliphatic rings. The maximum Gasteiger partial charge on any atom is 0.329 e. The fourth-order valence-corrected chi connectivity index (χ4v) is 2.68. The number of hydrogen-bond donors (Lipinski definition) is 2. The third-order valence-corrected chi connectivity index (χ3v) is 4.20. The van der Waals surface area contributed by atoms with E-state index in [0.717, 1.165) is 31.2 Å². The van der Waals surface area contributed by atoms with E-state index in [2.05, 4.69) is 5.32 Å². The molecule has 1 fully saturated rings. The highest BCUT2D eigenvalue weighted by Gasteiger charge is 2.28. The SMILES string of the molecule is O=C(O)COCC(=O)Nc1ccc(CCCCCC(=O)N2CCC2=O)cc1. The predicted octanol–water partition coefficient (Wildman–Crippen LogP) is 1.59. The zero-order chi connectivity index (χ0) is 19.6. The Morgan fingerprint density at radius 3 is 2.41 bits per heavy atom. The molecule has 0 aromatic heterocycles. The monoisotopic (exact) mass is 376 g/mol. The van der Waals surface area contributed by atoms with E-state index in [-0.39, 0.29) is 18.4 Å². The normalized spacial score (nSPS) is 13.2. The molecule has 27 heavy (non-hydrogen) atoms. The smallest absolute Gasteiger partial charge is 0.329 e. The Balaban J connectivity index is 1.59. The number of aliphatic carboxylic acids is 1. The van der Waals surface area contributed by atoms with Crippen LogP contribution < -0.4 is 5.32 Å². The van der Waals surface area contributed by atoms with E-state index in [1.54, 1.807) is 12.1 Å². The first-order valence-corrected chi connectivity index (χ1v) is 8.97. The summed E-state index contributed by atoms with van der Waals surface area (Å²) in [6, 6.07) is 7.39. The first kappa shape index (κ1) is 20.6. The number of β-lactam (4-membered cyclic amide) rings is 1. The van der Waals surface area contributed by atoms with E-state index in [0.29, 0.717) is 25.1 Å². The lowest BCUT2D eigenvalue weighted by Gasteiger charge is -2.28. The number of amides is 3. The highest BCUT2D eigenvalue weighted by Crippen LogP contribution is 2.15. The Morgan fingerprint density at radius 1 is 1.07 bits per heavy atom. The van der Waals surface area contributed by atoms with E-state index in [1.165, 1.54) is 4.90 Å². The number of nitrogens with one attached hydrogen (secondary N) is 1. The van der Waals surface area contributed by atoms with Crippen molar-refractivity contribution < 1.29 is 29.0 Å². The van der Waals surface area contributed by atoms with Crippen molar-refractivity contribution in [3.63, 3.8) is 0 Å². The third kappa shape index (κ3) is 7.18. The number of unbranched alkanes of at least 4 members (excludes halogenated alkanes) is 2. The van der Waals surface area contributed by atoms with Gasteiger partial charge in [0, 0.05) is 25.1 Å². The molecule has 2 rings (SSSR count). The van der Waals surface area contributed by atoms with Crippen LogP contribution in [0, 0.1) is 0 Å². The molecule has 1 saturated heterocycles. The van der Waals surface area contributed by atoms with Crippen molar-refractivity contribution in [3.8, 4) is 0 Å². The van der Waals surface area contributed by atoms with E-state index in [4.69, 9.17) is 9.84 Å². The number of hydrogen-bond acceptors (Lipinski definition) is 5. The maximum absolute atomic E-state index is 11.7. The standard InChI is InChI=1S/C19H24N2O6/c22-16(12-27-13-19(25)26)20-15-8-6-14(7-9-15)4-2-1-3-5-17(23)21-11-10-18(21)24/h6-9H,1-5,10-13H2,(H,20,22)(H,25,26). The Labute approximate surface area is 157 Å². The summed E-state index contributed by atoms with van der Waals surface area (Å²) >= 11 is 0. The van der Waals surface area contributed by atoms with Crippen molar-refractivity contribution >= 4 is 29.4 Å². The minimum absolute atomic E-state index is 0.0689. The number of ether oxygens (including phenoxy) is 1. The van der Waals surface area contributed by atoms with Crippen LogP contribution in [0.15, 0.2) is 24.3 Å². The molecule has 8 nitrogen and oxygen atoms in total. The van der Waals surface area contributed by atoms with Crippen molar-refractivity contribution in [1.82, 2.24) is 4.90 Å². The number of likely N-dealkylation sites (tertiary alicyclic amines) is 1. The van der Waals surface area contributed by atoms with E-state index < -0.39 is 18.5 Å². The molecule has 146 valence electrons. The number of benzene rings is 1.